The topological polar surface area (TPSA) is 80.1 Å². The van der Waals surface area contributed by atoms with Gasteiger partial charge in [0.15, 0.2) is 0 Å². The summed E-state index contributed by atoms with van der Waals surface area (Å²) in [5.74, 6) is 0.482. The SMILES string of the molecule is CCN(CC)C(=O)Cn1c(CNC(=O)c2ccncc2)nc2ccccc21. The van der Waals surface area contributed by atoms with Crippen molar-refractivity contribution in [3.63, 3.8) is 0 Å². The molecule has 2 amide bonds. The Morgan fingerprint density at radius 1 is 1.07 bits per heavy atom. The van der Waals surface area contributed by atoms with Crippen LogP contribution in [0.1, 0.15) is 30.0 Å². The van der Waals surface area contributed by atoms with Gasteiger partial charge in [0.05, 0.1) is 17.6 Å². The van der Waals surface area contributed by atoms with E-state index < -0.39 is 0 Å². The molecule has 0 spiro atoms. The van der Waals surface area contributed by atoms with Gasteiger partial charge in [0.2, 0.25) is 5.91 Å². The third kappa shape index (κ3) is 4.13. The minimum atomic E-state index is -0.203. The second kappa shape index (κ2) is 8.44. The van der Waals surface area contributed by atoms with Crippen molar-refractivity contribution in [1.29, 1.82) is 0 Å². The predicted molar refractivity (Wildman–Crippen MR) is 103 cm³/mol. The zero-order chi connectivity index (χ0) is 19.2. The molecule has 2 aromatic heterocycles. The van der Waals surface area contributed by atoms with Gasteiger partial charge in [-0.1, -0.05) is 12.1 Å². The van der Waals surface area contributed by atoms with Crippen LogP contribution in [0, 0.1) is 0 Å². The van der Waals surface area contributed by atoms with Crippen molar-refractivity contribution in [3.05, 3.63) is 60.2 Å². The molecule has 0 fully saturated rings. The third-order valence-electron chi connectivity index (χ3n) is 4.49. The number of likely N-dealkylation sites (N-methyl/N-ethyl adjacent to an activating group) is 1. The van der Waals surface area contributed by atoms with E-state index in [1.54, 1.807) is 29.4 Å². The molecule has 140 valence electrons. The number of imidazole rings is 1. The number of fused-ring (bicyclic) bond motifs is 1. The standard InChI is InChI=1S/C20H23N5O2/c1-3-24(4-2)19(26)14-25-17-8-6-5-7-16(17)23-18(25)13-22-20(27)15-9-11-21-12-10-15/h5-12H,3-4,13-14H2,1-2H3,(H,22,27). The highest BCUT2D eigenvalue weighted by Gasteiger charge is 2.17. The summed E-state index contributed by atoms with van der Waals surface area (Å²) in [7, 11) is 0. The molecule has 1 N–H and O–H groups in total. The molecule has 7 heteroatoms. The maximum absolute atomic E-state index is 12.6. The number of rotatable bonds is 7. The van der Waals surface area contributed by atoms with Gasteiger partial charge in [-0.3, -0.25) is 14.6 Å². The molecule has 0 saturated carbocycles. The Morgan fingerprint density at radius 3 is 2.48 bits per heavy atom. The van der Waals surface area contributed by atoms with Gasteiger partial charge in [0.1, 0.15) is 12.4 Å². The Bertz CT molecular complexity index is 932. The smallest absolute Gasteiger partial charge is 0.251 e. The van der Waals surface area contributed by atoms with E-state index in [2.05, 4.69) is 15.3 Å². The number of amides is 2. The van der Waals surface area contributed by atoms with Crippen molar-refractivity contribution < 1.29 is 9.59 Å². The Morgan fingerprint density at radius 2 is 1.78 bits per heavy atom. The first kappa shape index (κ1) is 18.6. The van der Waals surface area contributed by atoms with E-state index in [0.717, 1.165) is 11.0 Å². The van der Waals surface area contributed by atoms with Crippen LogP contribution in [0.2, 0.25) is 0 Å². The molecule has 2 heterocycles. The van der Waals surface area contributed by atoms with Crippen molar-refractivity contribution in [2.24, 2.45) is 0 Å². The van der Waals surface area contributed by atoms with E-state index >= 15 is 0 Å². The van der Waals surface area contributed by atoms with Crippen LogP contribution >= 0.6 is 0 Å². The Balaban J connectivity index is 1.84. The first-order valence-corrected chi connectivity index (χ1v) is 9.04. The molecule has 3 rings (SSSR count). The number of carbonyl (C=O) groups is 2. The summed E-state index contributed by atoms with van der Waals surface area (Å²) in [6, 6.07) is 11.0. The van der Waals surface area contributed by atoms with Crippen molar-refractivity contribution in [3.8, 4) is 0 Å². The number of aromatic nitrogens is 3. The van der Waals surface area contributed by atoms with Crippen LogP contribution in [0.25, 0.3) is 11.0 Å². The second-order valence-electron chi connectivity index (χ2n) is 6.09. The van der Waals surface area contributed by atoms with Crippen molar-refractivity contribution in [2.75, 3.05) is 13.1 Å². The number of hydrogen-bond donors (Lipinski definition) is 1. The van der Waals surface area contributed by atoms with Crippen molar-refractivity contribution in [1.82, 2.24) is 24.8 Å². The summed E-state index contributed by atoms with van der Waals surface area (Å²) in [6.07, 6.45) is 3.15. The van der Waals surface area contributed by atoms with Crippen LogP contribution in [0.3, 0.4) is 0 Å². The van der Waals surface area contributed by atoms with Gasteiger partial charge in [0.25, 0.3) is 5.91 Å². The molecule has 0 saturated heterocycles. The molecule has 0 bridgehead atoms. The maximum Gasteiger partial charge on any atom is 0.251 e. The normalized spacial score (nSPS) is 10.7. The fourth-order valence-corrected chi connectivity index (χ4v) is 3.01. The molecule has 3 aromatic rings. The molecule has 1 aromatic carbocycles. The van der Waals surface area contributed by atoms with Gasteiger partial charge in [-0.05, 0) is 38.1 Å². The first-order valence-electron chi connectivity index (χ1n) is 9.04. The number of para-hydroxylation sites is 2. The molecular formula is C20H23N5O2. The van der Waals surface area contributed by atoms with E-state index in [4.69, 9.17) is 0 Å². The number of nitrogens with zero attached hydrogens (tertiary/aromatic N) is 4. The van der Waals surface area contributed by atoms with E-state index in [1.807, 2.05) is 42.7 Å². The molecule has 0 atom stereocenters. The van der Waals surface area contributed by atoms with Crippen LogP contribution in [0.4, 0.5) is 0 Å². The van der Waals surface area contributed by atoms with Crippen LogP contribution in [-0.2, 0) is 17.9 Å². The maximum atomic E-state index is 12.6. The lowest BCUT2D eigenvalue weighted by Crippen LogP contribution is -2.34. The van der Waals surface area contributed by atoms with Crippen LogP contribution < -0.4 is 5.32 Å². The van der Waals surface area contributed by atoms with Gasteiger partial charge in [-0.25, -0.2) is 4.98 Å². The Labute approximate surface area is 158 Å². The van der Waals surface area contributed by atoms with Crippen LogP contribution in [0.5, 0.6) is 0 Å². The monoisotopic (exact) mass is 365 g/mol. The first-order chi connectivity index (χ1) is 13.1. The average Bonchev–Trinajstić information content (AvgIpc) is 3.05. The molecular weight excluding hydrogens is 342 g/mol. The number of hydrogen-bond acceptors (Lipinski definition) is 4. The summed E-state index contributed by atoms with van der Waals surface area (Å²) < 4.78 is 1.88. The highest BCUT2D eigenvalue weighted by molar-refractivity contribution is 5.94. The lowest BCUT2D eigenvalue weighted by Gasteiger charge is -2.20. The van der Waals surface area contributed by atoms with Crippen molar-refractivity contribution >= 4 is 22.8 Å². The predicted octanol–water partition coefficient (Wildman–Crippen LogP) is 2.23. The summed E-state index contributed by atoms with van der Waals surface area (Å²) >= 11 is 0. The number of nitrogens with one attached hydrogen (secondary N) is 1. The zero-order valence-corrected chi connectivity index (χ0v) is 15.6. The fourth-order valence-electron chi connectivity index (χ4n) is 3.01. The highest BCUT2D eigenvalue weighted by atomic mass is 16.2. The number of benzene rings is 1. The summed E-state index contributed by atoms with van der Waals surface area (Å²) in [4.78, 5) is 35.2. The number of pyridine rings is 1. The van der Waals surface area contributed by atoms with E-state index in [1.165, 1.54) is 0 Å². The van der Waals surface area contributed by atoms with E-state index in [-0.39, 0.29) is 24.9 Å². The van der Waals surface area contributed by atoms with E-state index in [9.17, 15) is 9.59 Å². The van der Waals surface area contributed by atoms with Gasteiger partial charge < -0.3 is 14.8 Å². The molecule has 0 aliphatic rings. The summed E-state index contributed by atoms with van der Waals surface area (Å²) in [6.45, 7) is 5.68. The highest BCUT2D eigenvalue weighted by Crippen LogP contribution is 2.16. The van der Waals surface area contributed by atoms with Crippen molar-refractivity contribution in [2.45, 2.75) is 26.9 Å². The lowest BCUT2D eigenvalue weighted by molar-refractivity contribution is -0.131. The minimum absolute atomic E-state index is 0.0323. The quantitative estimate of drug-likeness (QED) is 0.696. The molecule has 0 unspecified atom stereocenters. The Hall–Kier alpha value is -3.22. The van der Waals surface area contributed by atoms with Gasteiger partial charge in [-0.15, -0.1) is 0 Å². The fraction of sp³-hybridized carbons (Fsp3) is 0.300. The van der Waals surface area contributed by atoms with Crippen LogP contribution in [0.15, 0.2) is 48.8 Å². The van der Waals surface area contributed by atoms with Gasteiger partial charge >= 0.3 is 0 Å². The summed E-state index contributed by atoms with van der Waals surface area (Å²) in [5.41, 5.74) is 2.22. The molecule has 0 aliphatic carbocycles. The van der Waals surface area contributed by atoms with Crippen LogP contribution in [-0.4, -0.2) is 44.3 Å². The minimum Gasteiger partial charge on any atom is -0.345 e. The summed E-state index contributed by atoms with van der Waals surface area (Å²) in [5, 5.41) is 2.87. The lowest BCUT2D eigenvalue weighted by atomic mass is 10.2. The zero-order valence-electron chi connectivity index (χ0n) is 15.6. The number of carbonyl (C=O) groups excluding carboxylic acids is 2. The molecule has 0 radical (unpaired) electrons. The molecule has 27 heavy (non-hydrogen) atoms. The molecule has 7 nitrogen and oxygen atoms in total. The van der Waals surface area contributed by atoms with Gasteiger partial charge in [0, 0.05) is 31.0 Å². The van der Waals surface area contributed by atoms with E-state index in [0.29, 0.717) is 24.5 Å². The molecule has 0 aliphatic heterocycles. The average molecular weight is 365 g/mol. The second-order valence-corrected chi connectivity index (χ2v) is 6.09. The third-order valence-corrected chi connectivity index (χ3v) is 4.49. The largest absolute Gasteiger partial charge is 0.345 e. The van der Waals surface area contributed by atoms with Gasteiger partial charge in [-0.2, -0.15) is 0 Å². The Kier molecular flexibility index (Phi) is 5.80.